The number of anilines is 3. The lowest BCUT2D eigenvalue weighted by Crippen LogP contribution is -2.18. The molecule has 10 rings (SSSR count). The minimum absolute atomic E-state index is 0.159. The van der Waals surface area contributed by atoms with Crippen LogP contribution in [0.1, 0.15) is 54.0 Å². The highest BCUT2D eigenvalue weighted by Gasteiger charge is 2.37. The van der Waals surface area contributed by atoms with Gasteiger partial charge in [-0.05, 0) is 97.4 Å². The molecule has 1 aromatic heterocycles. The second kappa shape index (κ2) is 8.87. The quantitative estimate of drug-likeness (QED) is 0.180. The molecule has 0 aliphatic heterocycles. The Kier molecular flexibility index (Phi) is 4.52. The fourth-order valence-corrected chi connectivity index (χ4v) is 9.58. The summed E-state index contributed by atoms with van der Waals surface area (Å²) in [6.45, 7) is 4.30. The molecule has 46 heavy (non-hydrogen) atoms. The van der Waals surface area contributed by atoms with Crippen molar-refractivity contribution in [2.75, 3.05) is 4.90 Å². The second-order valence-electron chi connectivity index (χ2n) is 13.7. The summed E-state index contributed by atoms with van der Waals surface area (Å²) in [4.78, 5) is 2.34. The van der Waals surface area contributed by atoms with Crippen LogP contribution in [-0.4, -0.2) is 0 Å². The summed E-state index contributed by atoms with van der Waals surface area (Å²) in [5.41, 5.74) is 8.71. The van der Waals surface area contributed by atoms with Crippen molar-refractivity contribution < 1.29 is 4.11 Å². The van der Waals surface area contributed by atoms with Crippen LogP contribution in [-0.2, 0) is 10.8 Å². The molecular weight excluding hydrogens is 575 g/mol. The minimum Gasteiger partial charge on any atom is -0.310 e. The summed E-state index contributed by atoms with van der Waals surface area (Å²) in [6, 6.07) is 45.8. The maximum Gasteiger partial charge on any atom is 0.0476 e. The van der Waals surface area contributed by atoms with Crippen molar-refractivity contribution in [3.8, 4) is 11.1 Å². The average Bonchev–Trinajstić information content (AvgIpc) is 3.68. The highest BCUT2D eigenvalue weighted by Crippen LogP contribution is 2.53. The Hall–Kier alpha value is -4.92. The van der Waals surface area contributed by atoms with Gasteiger partial charge in [-0.1, -0.05) is 113 Å². The summed E-state index contributed by atoms with van der Waals surface area (Å²) in [5.74, 6) is 0. The van der Waals surface area contributed by atoms with E-state index in [1.54, 1.807) is 0 Å². The Morgan fingerprint density at radius 1 is 0.500 bits per heavy atom. The van der Waals surface area contributed by atoms with Gasteiger partial charge in [0.05, 0.1) is 0 Å². The Morgan fingerprint density at radius 3 is 2.11 bits per heavy atom. The van der Waals surface area contributed by atoms with Crippen molar-refractivity contribution in [1.82, 2.24) is 0 Å². The third kappa shape index (κ3) is 3.35. The number of thiophene rings is 1. The molecule has 0 bridgehead atoms. The van der Waals surface area contributed by atoms with Crippen LogP contribution in [0.25, 0.3) is 52.8 Å². The molecule has 2 aliphatic carbocycles. The topological polar surface area (TPSA) is 3.24 Å². The first-order valence-corrected chi connectivity index (χ1v) is 16.8. The lowest BCUT2D eigenvalue weighted by atomic mass is 9.81. The van der Waals surface area contributed by atoms with Crippen molar-refractivity contribution in [2.45, 2.75) is 38.5 Å². The molecule has 0 radical (unpaired) electrons. The first kappa shape index (κ1) is 23.4. The molecule has 2 aliphatic rings. The summed E-state index contributed by atoms with van der Waals surface area (Å²) < 4.78 is 29.2. The minimum atomic E-state index is -2.24. The predicted molar refractivity (Wildman–Crippen MR) is 199 cm³/mol. The maximum atomic E-state index is 8.89. The normalized spacial score (nSPS) is 18.6. The number of hydrogen-bond acceptors (Lipinski definition) is 2. The van der Waals surface area contributed by atoms with Crippen molar-refractivity contribution >= 4 is 70.1 Å². The largest absolute Gasteiger partial charge is 0.310 e. The second-order valence-corrected chi connectivity index (χ2v) is 14.8. The molecule has 220 valence electrons. The molecule has 0 saturated heterocycles. The van der Waals surface area contributed by atoms with Gasteiger partial charge in [0.2, 0.25) is 0 Å². The van der Waals surface area contributed by atoms with E-state index in [2.05, 4.69) is 134 Å². The number of benzene rings is 7. The Labute approximate surface area is 277 Å². The zero-order valence-corrected chi connectivity index (χ0v) is 26.8. The molecule has 2 heteroatoms. The lowest BCUT2D eigenvalue weighted by molar-refractivity contribution is 0.660. The van der Waals surface area contributed by atoms with Crippen molar-refractivity contribution in [3.63, 3.8) is 0 Å². The molecule has 0 fully saturated rings. The highest BCUT2D eigenvalue weighted by molar-refractivity contribution is 7.25. The molecule has 1 unspecified atom stereocenters. The first-order valence-electron chi connectivity index (χ1n) is 17.5. The van der Waals surface area contributed by atoms with Crippen LogP contribution in [0, 0.1) is 0 Å². The molecular formula is C44H33NS. The van der Waals surface area contributed by atoms with Crippen LogP contribution in [0.2, 0.25) is 0 Å². The monoisotopic (exact) mass is 610 g/mol. The van der Waals surface area contributed by atoms with Gasteiger partial charge in [-0.2, -0.15) is 0 Å². The van der Waals surface area contributed by atoms with Gasteiger partial charge in [0.1, 0.15) is 0 Å². The SMILES string of the molecule is [2H]C([2H])([2H])C1(C)c2cccc3ccc4cc(N(c5ccc6c(c5)C(C)(C)c5ccccc5-6)c5ccc6c(c5)sc5ccccc56)cc1c4c23. The summed E-state index contributed by atoms with van der Waals surface area (Å²) >= 11 is 1.81. The fourth-order valence-electron chi connectivity index (χ4n) is 8.44. The van der Waals surface area contributed by atoms with E-state index < -0.39 is 12.3 Å². The van der Waals surface area contributed by atoms with E-state index in [4.69, 9.17) is 4.11 Å². The Balaban J connectivity index is 1.26. The average molecular weight is 611 g/mol. The standard InChI is InChI=1S/C44H33NS/c1-43(2)35-13-7-5-11-31(35)32-20-18-28(23-37(32)43)45(29-19-21-34-33-12-6-8-15-39(33)46-40(34)25-29)30-22-27-17-16-26-10-9-14-36-41(26)42(27)38(24-30)44(36,3)4/h5-25H,1-4H3/i3D3. The van der Waals surface area contributed by atoms with E-state index in [-0.39, 0.29) is 5.41 Å². The molecule has 8 aromatic rings. The van der Waals surface area contributed by atoms with Gasteiger partial charge >= 0.3 is 0 Å². The van der Waals surface area contributed by atoms with Crippen molar-refractivity contribution in [3.05, 3.63) is 150 Å². The highest BCUT2D eigenvalue weighted by atomic mass is 32.1. The Bertz CT molecular complexity index is 2720. The van der Waals surface area contributed by atoms with Crippen LogP contribution in [0.4, 0.5) is 17.1 Å². The summed E-state index contributed by atoms with van der Waals surface area (Å²) in [7, 11) is 0. The zero-order chi connectivity index (χ0) is 33.4. The van der Waals surface area contributed by atoms with E-state index in [1.807, 2.05) is 30.4 Å². The predicted octanol–water partition coefficient (Wildman–Crippen LogP) is 12.8. The van der Waals surface area contributed by atoms with Crippen LogP contribution in [0.15, 0.2) is 127 Å². The van der Waals surface area contributed by atoms with Gasteiger partial charge in [0.25, 0.3) is 0 Å². The molecule has 0 spiro atoms. The fraction of sp³-hybridized carbons (Fsp3) is 0.136. The number of nitrogens with zero attached hydrogens (tertiary/aromatic N) is 1. The smallest absolute Gasteiger partial charge is 0.0476 e. The maximum absolute atomic E-state index is 8.89. The van der Waals surface area contributed by atoms with Crippen LogP contribution in [0.5, 0.6) is 0 Å². The van der Waals surface area contributed by atoms with Gasteiger partial charge in [-0.15, -0.1) is 11.3 Å². The zero-order valence-electron chi connectivity index (χ0n) is 29.0. The van der Waals surface area contributed by atoms with Crippen LogP contribution in [0.3, 0.4) is 0 Å². The van der Waals surface area contributed by atoms with Gasteiger partial charge in [-0.25, -0.2) is 0 Å². The molecule has 0 N–H and O–H groups in total. The van der Waals surface area contributed by atoms with E-state index in [0.717, 1.165) is 49.7 Å². The number of hydrogen-bond donors (Lipinski definition) is 0. The lowest BCUT2D eigenvalue weighted by Gasteiger charge is -2.30. The summed E-state index contributed by atoms with van der Waals surface area (Å²) in [6.07, 6.45) is 0. The van der Waals surface area contributed by atoms with Crippen LogP contribution >= 0.6 is 11.3 Å². The van der Waals surface area contributed by atoms with Crippen molar-refractivity contribution in [2.24, 2.45) is 0 Å². The first-order chi connectivity index (χ1) is 23.6. The molecule has 7 aromatic carbocycles. The van der Waals surface area contributed by atoms with E-state index >= 15 is 0 Å². The van der Waals surface area contributed by atoms with E-state index in [1.165, 1.54) is 42.4 Å². The van der Waals surface area contributed by atoms with Gasteiger partial charge < -0.3 is 4.90 Å². The summed E-state index contributed by atoms with van der Waals surface area (Å²) in [5, 5.41) is 6.78. The molecule has 1 heterocycles. The number of rotatable bonds is 3. The molecule has 0 saturated carbocycles. The third-order valence-corrected chi connectivity index (χ3v) is 11.9. The van der Waals surface area contributed by atoms with E-state index in [9.17, 15) is 0 Å². The van der Waals surface area contributed by atoms with E-state index in [0.29, 0.717) is 0 Å². The van der Waals surface area contributed by atoms with Crippen molar-refractivity contribution in [1.29, 1.82) is 0 Å². The van der Waals surface area contributed by atoms with Gasteiger partial charge in [0.15, 0.2) is 0 Å². The third-order valence-electron chi connectivity index (χ3n) is 10.7. The molecule has 1 atom stereocenters. The van der Waals surface area contributed by atoms with Gasteiger partial charge in [-0.3, -0.25) is 0 Å². The Morgan fingerprint density at radius 2 is 1.20 bits per heavy atom. The van der Waals surface area contributed by atoms with Crippen LogP contribution < -0.4 is 4.90 Å². The van der Waals surface area contributed by atoms with Gasteiger partial charge in [0, 0.05) is 52.2 Å². The molecule has 0 amide bonds. The molecule has 1 nitrogen and oxygen atoms in total. The number of fused-ring (bicyclic) bond motifs is 6.